The van der Waals surface area contributed by atoms with E-state index < -0.39 is 15.7 Å². The summed E-state index contributed by atoms with van der Waals surface area (Å²) in [5.74, 6) is 0.194. The Hall–Kier alpha value is -1.55. The van der Waals surface area contributed by atoms with Crippen molar-refractivity contribution in [2.45, 2.75) is 11.3 Å². The van der Waals surface area contributed by atoms with Crippen LogP contribution in [-0.2, 0) is 14.6 Å². The minimum Gasteiger partial charge on any atom is -0.484 e. The third kappa shape index (κ3) is 4.63. The number of amidine groups is 1. The second-order valence-electron chi connectivity index (χ2n) is 6.66. The molecule has 2 atom stereocenters. The molecule has 1 amide bonds. The Kier molecular flexibility index (Phi) is 5.92. The zero-order valence-corrected chi connectivity index (χ0v) is 19.0. The van der Waals surface area contributed by atoms with Gasteiger partial charge >= 0.3 is 0 Å². The highest BCUT2D eigenvalue weighted by molar-refractivity contribution is 9.10. The Balaban J connectivity index is 1.60. The zero-order chi connectivity index (χ0) is 20.6. The minimum atomic E-state index is -3.15. The van der Waals surface area contributed by atoms with E-state index in [1.54, 1.807) is 29.2 Å². The molecular formula is C19H16BrClN2O4S2. The predicted octanol–water partition coefficient (Wildman–Crippen LogP) is 3.78. The number of amides is 1. The molecule has 2 heterocycles. The number of hydrogen-bond donors (Lipinski definition) is 0. The van der Waals surface area contributed by atoms with Crippen LogP contribution in [-0.4, -0.2) is 48.9 Å². The third-order valence-electron chi connectivity index (χ3n) is 4.56. The largest absolute Gasteiger partial charge is 0.484 e. The Morgan fingerprint density at radius 2 is 2.00 bits per heavy atom. The fraction of sp³-hybridized carbons (Fsp3) is 0.263. The first kappa shape index (κ1) is 20.7. The van der Waals surface area contributed by atoms with Crippen LogP contribution in [0.4, 0.5) is 5.69 Å². The molecule has 2 fully saturated rings. The average molecular weight is 516 g/mol. The van der Waals surface area contributed by atoms with Crippen LogP contribution in [0.5, 0.6) is 5.75 Å². The molecule has 2 saturated heterocycles. The second kappa shape index (κ2) is 8.29. The molecule has 2 aromatic rings. The second-order valence-corrected chi connectivity index (χ2v) is 11.3. The molecule has 0 unspecified atom stereocenters. The van der Waals surface area contributed by atoms with Crippen LogP contribution in [0.2, 0.25) is 5.02 Å². The van der Waals surface area contributed by atoms with E-state index in [1.165, 1.54) is 11.8 Å². The predicted molar refractivity (Wildman–Crippen MR) is 120 cm³/mol. The van der Waals surface area contributed by atoms with Crippen molar-refractivity contribution in [2.24, 2.45) is 4.99 Å². The first-order chi connectivity index (χ1) is 13.8. The van der Waals surface area contributed by atoms with E-state index in [4.69, 9.17) is 16.3 Å². The van der Waals surface area contributed by atoms with Crippen molar-refractivity contribution in [3.05, 3.63) is 58.0 Å². The van der Waals surface area contributed by atoms with E-state index in [0.29, 0.717) is 21.6 Å². The highest BCUT2D eigenvalue weighted by Gasteiger charge is 2.49. The standard InChI is InChI=1S/C19H16BrClN2O4S2/c20-12-6-7-15(14(21)8-12)23-16-10-29(25,26)11-17(16)28-19(23)22-18(24)9-27-13-4-2-1-3-5-13/h1-8,16-17H,9-11H2/t16-,17-/m0/s1. The van der Waals surface area contributed by atoms with Crippen molar-refractivity contribution in [1.82, 2.24) is 0 Å². The molecule has 4 rings (SSSR count). The summed E-state index contributed by atoms with van der Waals surface area (Å²) in [5, 5.41) is 0.702. The fourth-order valence-corrected chi connectivity index (χ4v) is 8.01. The molecule has 0 radical (unpaired) electrons. The normalized spacial score (nSPS) is 23.9. The molecule has 0 N–H and O–H groups in total. The van der Waals surface area contributed by atoms with Gasteiger partial charge in [-0.05, 0) is 30.3 Å². The number of benzene rings is 2. The van der Waals surface area contributed by atoms with Crippen molar-refractivity contribution >= 4 is 65.9 Å². The van der Waals surface area contributed by atoms with Crippen LogP contribution in [0.3, 0.4) is 0 Å². The number of para-hydroxylation sites is 1. The number of sulfone groups is 1. The van der Waals surface area contributed by atoms with E-state index in [1.807, 2.05) is 24.3 Å². The number of hydrogen-bond acceptors (Lipinski definition) is 5. The SMILES string of the molecule is O=C(COc1ccccc1)N=C1S[C@H]2CS(=O)(=O)C[C@@H]2N1c1ccc(Br)cc1Cl. The van der Waals surface area contributed by atoms with Gasteiger partial charge in [0.25, 0.3) is 5.91 Å². The van der Waals surface area contributed by atoms with Crippen LogP contribution >= 0.6 is 39.3 Å². The quantitative estimate of drug-likeness (QED) is 0.617. The molecule has 0 aliphatic carbocycles. The Labute approximate surface area is 186 Å². The molecule has 152 valence electrons. The average Bonchev–Trinajstić information content (AvgIpc) is 3.12. The van der Waals surface area contributed by atoms with Crippen LogP contribution < -0.4 is 9.64 Å². The summed E-state index contributed by atoms with van der Waals surface area (Å²) in [6, 6.07) is 14.0. The smallest absolute Gasteiger partial charge is 0.285 e. The van der Waals surface area contributed by atoms with Gasteiger partial charge in [-0.1, -0.05) is 57.5 Å². The van der Waals surface area contributed by atoms with Gasteiger partial charge in [-0.25, -0.2) is 8.42 Å². The maximum absolute atomic E-state index is 12.4. The number of carbonyl (C=O) groups is 1. The van der Waals surface area contributed by atoms with Gasteiger partial charge in [-0.3, -0.25) is 4.79 Å². The fourth-order valence-electron chi connectivity index (χ4n) is 3.32. The van der Waals surface area contributed by atoms with Crippen LogP contribution in [0.25, 0.3) is 0 Å². The van der Waals surface area contributed by atoms with E-state index in [-0.39, 0.29) is 29.4 Å². The molecular weight excluding hydrogens is 500 g/mol. The summed E-state index contributed by atoms with van der Waals surface area (Å²) < 4.78 is 30.6. The minimum absolute atomic E-state index is 0.00475. The van der Waals surface area contributed by atoms with Gasteiger partial charge in [0.15, 0.2) is 21.6 Å². The van der Waals surface area contributed by atoms with E-state index in [0.717, 1.165) is 4.47 Å². The van der Waals surface area contributed by atoms with Crippen molar-refractivity contribution in [3.8, 4) is 5.75 Å². The molecule has 2 aliphatic rings. The highest BCUT2D eigenvalue weighted by Crippen LogP contribution is 2.43. The molecule has 0 aromatic heterocycles. The van der Waals surface area contributed by atoms with Crippen LogP contribution in [0.1, 0.15) is 0 Å². The summed E-state index contributed by atoms with van der Waals surface area (Å²) >= 11 is 11.1. The lowest BCUT2D eigenvalue weighted by atomic mass is 10.2. The van der Waals surface area contributed by atoms with Crippen molar-refractivity contribution in [3.63, 3.8) is 0 Å². The van der Waals surface area contributed by atoms with Gasteiger partial charge in [0, 0.05) is 9.72 Å². The van der Waals surface area contributed by atoms with E-state index in [2.05, 4.69) is 20.9 Å². The summed E-state index contributed by atoms with van der Waals surface area (Å²) in [4.78, 5) is 18.4. The Morgan fingerprint density at radius 1 is 1.24 bits per heavy atom. The van der Waals surface area contributed by atoms with Crippen LogP contribution in [0, 0.1) is 0 Å². The van der Waals surface area contributed by atoms with Crippen LogP contribution in [0.15, 0.2) is 58.0 Å². The van der Waals surface area contributed by atoms with Gasteiger partial charge < -0.3 is 9.64 Å². The molecule has 6 nitrogen and oxygen atoms in total. The molecule has 29 heavy (non-hydrogen) atoms. The van der Waals surface area contributed by atoms with Crippen molar-refractivity contribution in [1.29, 1.82) is 0 Å². The van der Waals surface area contributed by atoms with Gasteiger partial charge in [0.1, 0.15) is 5.75 Å². The number of nitrogens with zero attached hydrogens (tertiary/aromatic N) is 2. The maximum atomic E-state index is 12.4. The Morgan fingerprint density at radius 3 is 2.72 bits per heavy atom. The Bertz CT molecular complexity index is 1080. The summed E-state index contributed by atoms with van der Waals surface area (Å²) in [6.45, 7) is -0.205. The topological polar surface area (TPSA) is 76.0 Å². The van der Waals surface area contributed by atoms with Crippen molar-refractivity contribution < 1.29 is 17.9 Å². The van der Waals surface area contributed by atoms with Crippen molar-refractivity contribution in [2.75, 3.05) is 23.0 Å². The molecule has 0 spiro atoms. The zero-order valence-electron chi connectivity index (χ0n) is 15.0. The number of ether oxygens (including phenoxy) is 1. The number of thioether (sulfide) groups is 1. The molecule has 0 saturated carbocycles. The lowest BCUT2D eigenvalue weighted by Crippen LogP contribution is -2.38. The van der Waals surface area contributed by atoms with Gasteiger partial charge in [0.2, 0.25) is 0 Å². The third-order valence-corrected chi connectivity index (χ3v) is 8.57. The molecule has 10 heteroatoms. The number of carbonyl (C=O) groups excluding carboxylic acids is 1. The molecule has 2 aliphatic heterocycles. The first-order valence-corrected chi connectivity index (χ1v) is 12.6. The van der Waals surface area contributed by atoms with E-state index >= 15 is 0 Å². The molecule has 2 aromatic carbocycles. The lowest BCUT2D eigenvalue weighted by molar-refractivity contribution is -0.119. The highest BCUT2D eigenvalue weighted by atomic mass is 79.9. The number of rotatable bonds is 4. The summed E-state index contributed by atoms with van der Waals surface area (Å²) in [7, 11) is -3.15. The van der Waals surface area contributed by atoms with Gasteiger partial charge in [-0.15, -0.1) is 0 Å². The number of anilines is 1. The maximum Gasteiger partial charge on any atom is 0.285 e. The summed E-state index contributed by atoms with van der Waals surface area (Å²) in [6.07, 6.45) is 0. The van der Waals surface area contributed by atoms with E-state index in [9.17, 15) is 13.2 Å². The number of halogens is 2. The summed E-state index contributed by atoms with van der Waals surface area (Å²) in [5.41, 5.74) is 0.627. The van der Waals surface area contributed by atoms with Gasteiger partial charge in [-0.2, -0.15) is 4.99 Å². The molecule has 0 bridgehead atoms. The lowest BCUT2D eigenvalue weighted by Gasteiger charge is -2.25. The van der Waals surface area contributed by atoms with Gasteiger partial charge in [0.05, 0.1) is 28.3 Å². The number of aliphatic imine (C=N–C) groups is 1. The monoisotopic (exact) mass is 514 g/mol. The number of fused-ring (bicyclic) bond motifs is 1. The first-order valence-electron chi connectivity index (χ1n) is 8.73.